The van der Waals surface area contributed by atoms with E-state index in [1.165, 1.54) is 4.90 Å². The molecular weight excluding hydrogens is 346 g/mol. The Hall–Kier alpha value is -2.32. The molecule has 0 bridgehead atoms. The number of urea groups is 1. The molecule has 3 unspecified atom stereocenters. The van der Waals surface area contributed by atoms with Crippen molar-refractivity contribution in [3.8, 4) is 5.75 Å². The zero-order valence-electron chi connectivity index (χ0n) is 16.1. The van der Waals surface area contributed by atoms with Crippen molar-refractivity contribution in [1.82, 2.24) is 20.0 Å². The van der Waals surface area contributed by atoms with Crippen LogP contribution in [0.4, 0.5) is 10.5 Å². The molecule has 0 spiro atoms. The summed E-state index contributed by atoms with van der Waals surface area (Å²) >= 11 is 0. The molecule has 0 aliphatic carbocycles. The van der Waals surface area contributed by atoms with Gasteiger partial charge < -0.3 is 14.5 Å². The molecule has 3 saturated heterocycles. The molecule has 8 heteroatoms. The molecule has 27 heavy (non-hydrogen) atoms. The van der Waals surface area contributed by atoms with Gasteiger partial charge in [0.25, 0.3) is 5.91 Å². The number of likely N-dealkylation sites (N-methyl/N-ethyl adjacent to an activating group) is 1. The number of rotatable bonds is 4. The number of carbonyl (C=O) groups is 2. The number of nitrogens with one attached hydrogen (secondary N) is 1. The van der Waals surface area contributed by atoms with Crippen molar-refractivity contribution in [1.29, 1.82) is 0 Å². The Morgan fingerprint density at radius 2 is 1.93 bits per heavy atom. The number of benzene rings is 1. The number of carbonyl (C=O) groups excluding carboxylic acids is 2. The fraction of sp³-hybridized carbons (Fsp3) is 0.579. The fourth-order valence-corrected chi connectivity index (χ4v) is 4.39. The first-order chi connectivity index (χ1) is 13.1. The van der Waals surface area contributed by atoms with Crippen LogP contribution < -0.4 is 15.0 Å². The summed E-state index contributed by atoms with van der Waals surface area (Å²) in [5.74, 6) is 0.730. The average molecular weight is 373 g/mol. The quantitative estimate of drug-likeness (QED) is 0.852. The Morgan fingerprint density at radius 3 is 2.59 bits per heavy atom. The van der Waals surface area contributed by atoms with Gasteiger partial charge in [0.1, 0.15) is 24.2 Å². The Bertz CT molecular complexity index is 725. The molecule has 4 rings (SSSR count). The van der Waals surface area contributed by atoms with Crippen LogP contribution in [-0.2, 0) is 4.79 Å². The van der Waals surface area contributed by atoms with Crippen LogP contribution in [0.3, 0.4) is 0 Å². The van der Waals surface area contributed by atoms with Crippen LogP contribution in [0.15, 0.2) is 24.3 Å². The Labute approximate surface area is 159 Å². The summed E-state index contributed by atoms with van der Waals surface area (Å²) < 4.78 is 5.26. The zero-order chi connectivity index (χ0) is 19.1. The summed E-state index contributed by atoms with van der Waals surface area (Å²) in [6.45, 7) is 4.17. The summed E-state index contributed by atoms with van der Waals surface area (Å²) in [4.78, 5) is 33.3. The first-order valence-corrected chi connectivity index (χ1v) is 9.57. The Balaban J connectivity index is 1.63. The van der Waals surface area contributed by atoms with Gasteiger partial charge in [-0.25, -0.2) is 4.79 Å². The smallest absolute Gasteiger partial charge is 0.327 e. The van der Waals surface area contributed by atoms with Crippen LogP contribution in [0.2, 0.25) is 0 Å². The third-order valence-electron chi connectivity index (χ3n) is 5.72. The number of hydrogen-bond donors (Lipinski definition) is 1. The molecule has 3 atom stereocenters. The lowest BCUT2D eigenvalue weighted by atomic mass is 10.1. The van der Waals surface area contributed by atoms with E-state index in [1.54, 1.807) is 19.1 Å². The number of methoxy groups -OCH3 is 1. The van der Waals surface area contributed by atoms with E-state index < -0.39 is 0 Å². The van der Waals surface area contributed by atoms with E-state index in [4.69, 9.17) is 4.74 Å². The zero-order valence-corrected chi connectivity index (χ0v) is 16.1. The van der Waals surface area contributed by atoms with Gasteiger partial charge in [-0.3, -0.25) is 19.9 Å². The molecule has 3 heterocycles. The van der Waals surface area contributed by atoms with Crippen molar-refractivity contribution in [2.24, 2.45) is 0 Å². The molecule has 146 valence electrons. The van der Waals surface area contributed by atoms with E-state index in [1.807, 2.05) is 31.2 Å². The van der Waals surface area contributed by atoms with Crippen molar-refractivity contribution in [3.05, 3.63) is 24.3 Å². The Morgan fingerprint density at radius 1 is 1.19 bits per heavy atom. The maximum Gasteiger partial charge on any atom is 0.327 e. The maximum absolute atomic E-state index is 13.1. The van der Waals surface area contributed by atoms with E-state index in [0.29, 0.717) is 6.54 Å². The molecule has 1 aromatic carbocycles. The number of imide groups is 1. The second kappa shape index (κ2) is 7.01. The second-order valence-corrected chi connectivity index (χ2v) is 7.30. The van der Waals surface area contributed by atoms with E-state index in [2.05, 4.69) is 15.1 Å². The minimum atomic E-state index is -0.342. The van der Waals surface area contributed by atoms with Crippen molar-refractivity contribution in [2.75, 3.05) is 38.7 Å². The summed E-state index contributed by atoms with van der Waals surface area (Å²) in [5.41, 5.74) is 1.07. The molecule has 0 radical (unpaired) electrons. The number of fused-ring (bicyclic) bond motifs is 3. The summed E-state index contributed by atoms with van der Waals surface area (Å²) in [6, 6.07) is 7.40. The van der Waals surface area contributed by atoms with Crippen LogP contribution in [0.25, 0.3) is 0 Å². The number of amides is 3. The van der Waals surface area contributed by atoms with Gasteiger partial charge >= 0.3 is 6.03 Å². The van der Waals surface area contributed by atoms with Crippen LogP contribution >= 0.6 is 0 Å². The summed E-state index contributed by atoms with van der Waals surface area (Å²) in [7, 11) is 3.43. The molecule has 8 nitrogen and oxygen atoms in total. The monoisotopic (exact) mass is 373 g/mol. The van der Waals surface area contributed by atoms with Gasteiger partial charge in [-0.15, -0.1) is 0 Å². The highest BCUT2D eigenvalue weighted by Gasteiger charge is 2.55. The third kappa shape index (κ3) is 2.83. The fourth-order valence-electron chi connectivity index (χ4n) is 4.39. The van der Waals surface area contributed by atoms with E-state index in [0.717, 1.165) is 37.4 Å². The lowest BCUT2D eigenvalue weighted by Gasteiger charge is -2.43. The van der Waals surface area contributed by atoms with Gasteiger partial charge in [-0.05, 0) is 37.1 Å². The SMILES string of the molecule is CCCN1C(=O)C2C(NC3N(c4ccc(OC)cc4)CCCN23)N(C)C1=O. The van der Waals surface area contributed by atoms with Crippen LogP contribution in [-0.4, -0.2) is 78.9 Å². The lowest BCUT2D eigenvalue weighted by molar-refractivity contribution is -0.138. The predicted octanol–water partition coefficient (Wildman–Crippen LogP) is 1.09. The molecular formula is C19H27N5O3. The van der Waals surface area contributed by atoms with E-state index >= 15 is 0 Å². The normalized spacial score (nSPS) is 28.4. The van der Waals surface area contributed by atoms with Crippen molar-refractivity contribution in [2.45, 2.75) is 38.3 Å². The van der Waals surface area contributed by atoms with Gasteiger partial charge in [0.05, 0.1) is 7.11 Å². The lowest BCUT2D eigenvalue weighted by Crippen LogP contribution is -2.66. The van der Waals surface area contributed by atoms with Gasteiger partial charge in [-0.2, -0.15) is 0 Å². The predicted molar refractivity (Wildman–Crippen MR) is 101 cm³/mol. The summed E-state index contributed by atoms with van der Waals surface area (Å²) in [5, 5.41) is 3.52. The van der Waals surface area contributed by atoms with Crippen LogP contribution in [0, 0.1) is 0 Å². The van der Waals surface area contributed by atoms with E-state index in [-0.39, 0.29) is 30.4 Å². The second-order valence-electron chi connectivity index (χ2n) is 7.30. The Kier molecular flexibility index (Phi) is 4.69. The van der Waals surface area contributed by atoms with Gasteiger partial charge in [0.15, 0.2) is 0 Å². The number of ether oxygens (including phenoxy) is 1. The highest BCUT2D eigenvalue weighted by molar-refractivity contribution is 6.00. The molecule has 0 saturated carbocycles. The highest BCUT2D eigenvalue weighted by atomic mass is 16.5. The van der Waals surface area contributed by atoms with Crippen LogP contribution in [0.5, 0.6) is 5.75 Å². The molecule has 3 aliphatic heterocycles. The summed E-state index contributed by atoms with van der Waals surface area (Å²) in [6.07, 6.45) is 1.31. The molecule has 3 fully saturated rings. The van der Waals surface area contributed by atoms with E-state index in [9.17, 15) is 9.59 Å². The van der Waals surface area contributed by atoms with Crippen molar-refractivity contribution in [3.63, 3.8) is 0 Å². The molecule has 1 N–H and O–H groups in total. The van der Waals surface area contributed by atoms with Gasteiger partial charge in [-0.1, -0.05) is 6.92 Å². The maximum atomic E-state index is 13.1. The van der Waals surface area contributed by atoms with Gasteiger partial charge in [0, 0.05) is 32.4 Å². The van der Waals surface area contributed by atoms with Crippen molar-refractivity contribution >= 4 is 17.6 Å². The molecule has 1 aromatic rings. The van der Waals surface area contributed by atoms with Crippen LogP contribution in [0.1, 0.15) is 19.8 Å². The molecule has 3 amide bonds. The number of nitrogens with zero attached hydrogens (tertiary/aromatic N) is 4. The number of anilines is 1. The first kappa shape index (κ1) is 18.1. The molecule has 0 aromatic heterocycles. The minimum absolute atomic E-state index is 0.0865. The first-order valence-electron chi connectivity index (χ1n) is 9.57. The average Bonchev–Trinajstić information content (AvgIpc) is 3.09. The third-order valence-corrected chi connectivity index (χ3v) is 5.72. The largest absolute Gasteiger partial charge is 0.497 e. The minimum Gasteiger partial charge on any atom is -0.497 e. The standard InChI is InChI=1S/C19H27N5O3/c1-4-10-24-17(25)15-16(21(2)19(24)26)20-18-22(11-5-12-23(15)18)13-6-8-14(27-3)9-7-13/h6-9,15-16,18,20H,4-5,10-12H2,1-3H3. The van der Waals surface area contributed by atoms with Gasteiger partial charge in [0.2, 0.25) is 0 Å². The van der Waals surface area contributed by atoms with Crippen molar-refractivity contribution < 1.29 is 14.3 Å². The molecule has 3 aliphatic rings. The number of hydrogen-bond acceptors (Lipinski definition) is 6. The highest BCUT2D eigenvalue weighted by Crippen LogP contribution is 2.33. The topological polar surface area (TPSA) is 68.4 Å².